The average molecular weight is 290 g/mol. The van der Waals surface area contributed by atoms with Crippen LogP contribution in [0.15, 0.2) is 29.4 Å². The molecule has 1 atom stereocenters. The molecule has 0 aliphatic carbocycles. The second kappa shape index (κ2) is 5.15. The summed E-state index contributed by atoms with van der Waals surface area (Å²) in [7, 11) is 0. The molecule has 0 radical (unpaired) electrons. The summed E-state index contributed by atoms with van der Waals surface area (Å²) in [6.07, 6.45) is -0.377. The molecule has 1 aromatic carbocycles. The van der Waals surface area contributed by atoms with Gasteiger partial charge in [-0.1, -0.05) is 29.8 Å². The van der Waals surface area contributed by atoms with Gasteiger partial charge in [0.25, 0.3) is 0 Å². The summed E-state index contributed by atoms with van der Waals surface area (Å²) in [5, 5.41) is 16.2. The maximum atomic E-state index is 12.3. The maximum absolute atomic E-state index is 12.3. The van der Waals surface area contributed by atoms with Gasteiger partial charge in [-0.2, -0.15) is 10.1 Å². The Hall–Kier alpha value is -1.88. The van der Waals surface area contributed by atoms with E-state index in [9.17, 15) is 9.90 Å². The van der Waals surface area contributed by atoms with Gasteiger partial charge in [-0.15, -0.1) is 0 Å². The number of hydrogen-bond acceptors (Lipinski definition) is 4. The van der Waals surface area contributed by atoms with E-state index in [0.29, 0.717) is 11.3 Å². The molecule has 5 nitrogen and oxygen atoms in total. The first-order valence-corrected chi connectivity index (χ1v) is 6.99. The third-order valence-electron chi connectivity index (χ3n) is 3.20. The fraction of sp³-hybridized carbons (Fsp3) is 0.500. The minimum absolute atomic E-state index is 0.273. The van der Waals surface area contributed by atoms with Crippen molar-refractivity contribution in [3.05, 3.63) is 35.4 Å². The predicted molar refractivity (Wildman–Crippen MR) is 80.9 cm³/mol. The van der Waals surface area contributed by atoms with Crippen LogP contribution < -0.4 is 0 Å². The lowest BCUT2D eigenvalue weighted by Crippen LogP contribution is -2.45. The van der Waals surface area contributed by atoms with E-state index in [1.807, 2.05) is 19.1 Å². The first kappa shape index (κ1) is 15.5. The number of amides is 1. The lowest BCUT2D eigenvalue weighted by atomic mass is 9.97. The highest BCUT2D eigenvalue weighted by atomic mass is 16.6. The molecular formula is C16H22N2O3. The van der Waals surface area contributed by atoms with E-state index in [0.717, 1.165) is 10.6 Å². The highest BCUT2D eigenvalue weighted by Gasteiger charge is 2.46. The second-order valence-electron chi connectivity index (χ2n) is 6.49. The Morgan fingerprint density at radius 1 is 1.29 bits per heavy atom. The normalized spacial score (nSPS) is 22.2. The van der Waals surface area contributed by atoms with Crippen LogP contribution in [0.2, 0.25) is 0 Å². The largest absolute Gasteiger partial charge is 0.442 e. The lowest BCUT2D eigenvalue weighted by molar-refractivity contribution is -0.0975. The van der Waals surface area contributed by atoms with Gasteiger partial charge in [0.1, 0.15) is 5.60 Å². The molecule has 1 amide bonds. The molecule has 0 saturated heterocycles. The minimum atomic E-state index is -1.49. The summed E-state index contributed by atoms with van der Waals surface area (Å²) in [5.74, 6) is 0. The van der Waals surface area contributed by atoms with Gasteiger partial charge in [-0.25, -0.2) is 4.79 Å². The summed E-state index contributed by atoms with van der Waals surface area (Å²) in [6, 6.07) is 7.41. The lowest BCUT2D eigenvalue weighted by Gasteiger charge is -2.32. The summed E-state index contributed by atoms with van der Waals surface area (Å²) in [5.41, 5.74) is 0.266. The number of rotatable bonds is 1. The maximum Gasteiger partial charge on any atom is 0.433 e. The predicted octanol–water partition coefficient (Wildman–Crippen LogP) is 3.16. The Morgan fingerprint density at radius 3 is 2.38 bits per heavy atom. The number of ether oxygens (including phenoxy) is 1. The Labute approximate surface area is 125 Å². The smallest absolute Gasteiger partial charge is 0.433 e. The van der Waals surface area contributed by atoms with Crippen LogP contribution in [0.4, 0.5) is 4.79 Å². The van der Waals surface area contributed by atoms with Gasteiger partial charge in [0.05, 0.1) is 0 Å². The highest BCUT2D eigenvalue weighted by molar-refractivity contribution is 5.87. The van der Waals surface area contributed by atoms with Gasteiger partial charge < -0.3 is 9.84 Å². The Kier molecular flexibility index (Phi) is 3.80. The molecule has 21 heavy (non-hydrogen) atoms. The zero-order valence-corrected chi connectivity index (χ0v) is 13.2. The van der Waals surface area contributed by atoms with Gasteiger partial charge in [-0.05, 0) is 34.6 Å². The van der Waals surface area contributed by atoms with Crippen LogP contribution in [0.3, 0.4) is 0 Å². The van der Waals surface area contributed by atoms with Crippen LogP contribution in [-0.2, 0) is 10.5 Å². The van der Waals surface area contributed by atoms with E-state index in [-0.39, 0.29) is 6.42 Å². The van der Waals surface area contributed by atoms with Crippen LogP contribution >= 0.6 is 0 Å². The number of aryl methyl sites for hydroxylation is 1. The number of nitrogens with zero attached hydrogens (tertiary/aromatic N) is 2. The summed E-state index contributed by atoms with van der Waals surface area (Å²) >= 11 is 0. The molecule has 114 valence electrons. The Balaban J connectivity index is 2.33. The monoisotopic (exact) mass is 290 g/mol. The number of aliphatic hydroxyl groups is 1. The molecule has 1 unspecified atom stereocenters. The molecule has 0 fully saturated rings. The minimum Gasteiger partial charge on any atom is -0.442 e. The number of hydrazone groups is 1. The summed E-state index contributed by atoms with van der Waals surface area (Å²) in [6.45, 7) is 9.09. The van der Waals surface area contributed by atoms with Crippen molar-refractivity contribution < 1.29 is 14.6 Å². The van der Waals surface area contributed by atoms with Crippen molar-refractivity contribution in [3.8, 4) is 0 Å². The van der Waals surface area contributed by atoms with E-state index in [4.69, 9.17) is 4.74 Å². The third-order valence-corrected chi connectivity index (χ3v) is 3.20. The molecule has 1 N–H and O–H groups in total. The van der Waals surface area contributed by atoms with E-state index < -0.39 is 17.4 Å². The molecule has 1 aliphatic heterocycles. The van der Waals surface area contributed by atoms with Crippen molar-refractivity contribution in [2.24, 2.45) is 5.10 Å². The standard InChI is InChI=1S/C16H22N2O3/c1-11-6-8-13(9-7-11)16(20)10-12(2)17-18(16)14(19)21-15(3,4)5/h6-9,20H,10H2,1-5H3. The number of carbonyl (C=O) groups is 1. The first-order valence-electron chi connectivity index (χ1n) is 6.99. The van der Waals surface area contributed by atoms with Crippen LogP contribution in [0.1, 0.15) is 45.2 Å². The van der Waals surface area contributed by atoms with Crippen molar-refractivity contribution in [1.29, 1.82) is 0 Å². The SMILES string of the molecule is CC1=NN(C(=O)OC(C)(C)C)C(O)(c2ccc(C)cc2)C1. The van der Waals surface area contributed by atoms with Crippen LogP contribution in [0.5, 0.6) is 0 Å². The highest BCUT2D eigenvalue weighted by Crippen LogP contribution is 2.36. The van der Waals surface area contributed by atoms with Crippen molar-refractivity contribution in [2.45, 2.75) is 52.4 Å². The van der Waals surface area contributed by atoms with Gasteiger partial charge in [0.2, 0.25) is 0 Å². The quantitative estimate of drug-likeness (QED) is 0.864. The molecule has 1 heterocycles. The van der Waals surface area contributed by atoms with E-state index in [2.05, 4.69) is 5.10 Å². The van der Waals surface area contributed by atoms with Gasteiger partial charge in [0.15, 0.2) is 5.72 Å². The Bertz CT molecular complexity index is 572. The molecule has 1 aromatic rings. The van der Waals surface area contributed by atoms with Crippen molar-refractivity contribution in [2.75, 3.05) is 0 Å². The van der Waals surface area contributed by atoms with Crippen molar-refractivity contribution in [3.63, 3.8) is 0 Å². The van der Waals surface area contributed by atoms with Gasteiger partial charge >= 0.3 is 6.09 Å². The van der Waals surface area contributed by atoms with Crippen LogP contribution in [-0.4, -0.2) is 27.5 Å². The van der Waals surface area contributed by atoms with E-state index in [1.165, 1.54) is 0 Å². The summed E-state index contributed by atoms with van der Waals surface area (Å²) < 4.78 is 5.33. The van der Waals surface area contributed by atoms with Crippen molar-refractivity contribution >= 4 is 11.8 Å². The molecule has 0 saturated carbocycles. The number of hydrogen-bond donors (Lipinski definition) is 1. The zero-order chi connectivity index (χ0) is 15.8. The molecule has 1 aliphatic rings. The topological polar surface area (TPSA) is 62.1 Å². The molecule has 5 heteroatoms. The van der Waals surface area contributed by atoms with E-state index >= 15 is 0 Å². The molecule has 0 bridgehead atoms. The van der Waals surface area contributed by atoms with Crippen LogP contribution in [0.25, 0.3) is 0 Å². The fourth-order valence-corrected chi connectivity index (χ4v) is 2.26. The number of carbonyl (C=O) groups excluding carboxylic acids is 1. The van der Waals surface area contributed by atoms with Gasteiger partial charge in [0, 0.05) is 17.7 Å². The first-order chi connectivity index (χ1) is 9.62. The molecular weight excluding hydrogens is 268 g/mol. The zero-order valence-electron chi connectivity index (χ0n) is 13.2. The fourth-order valence-electron chi connectivity index (χ4n) is 2.26. The van der Waals surface area contributed by atoms with Crippen molar-refractivity contribution in [1.82, 2.24) is 5.01 Å². The third kappa shape index (κ3) is 3.24. The van der Waals surface area contributed by atoms with Crippen LogP contribution in [0, 0.1) is 6.92 Å². The average Bonchev–Trinajstić information content (AvgIpc) is 2.64. The number of benzene rings is 1. The Morgan fingerprint density at radius 2 is 1.86 bits per heavy atom. The van der Waals surface area contributed by atoms with Gasteiger partial charge in [-0.3, -0.25) is 0 Å². The van der Waals surface area contributed by atoms with E-state index in [1.54, 1.807) is 39.8 Å². The molecule has 2 rings (SSSR count). The molecule has 0 spiro atoms. The second-order valence-corrected chi connectivity index (χ2v) is 6.49. The molecule has 0 aromatic heterocycles. The summed E-state index contributed by atoms with van der Waals surface area (Å²) in [4.78, 5) is 12.3.